The Hall–Kier alpha value is -3.58. The highest BCUT2D eigenvalue weighted by molar-refractivity contribution is 8.00. The number of nitrogens with one attached hydrogen (secondary N) is 2. The van der Waals surface area contributed by atoms with Crippen molar-refractivity contribution in [2.24, 2.45) is 0 Å². The fourth-order valence-electron chi connectivity index (χ4n) is 3.99. The molecule has 0 aliphatic carbocycles. The monoisotopic (exact) mass is 487 g/mol. The fourth-order valence-corrected chi connectivity index (χ4v) is 5.21. The van der Waals surface area contributed by atoms with Crippen LogP contribution in [0.1, 0.15) is 51.1 Å². The van der Waals surface area contributed by atoms with E-state index in [2.05, 4.69) is 22.8 Å². The lowest BCUT2D eigenvalue weighted by Crippen LogP contribution is -2.31. The first-order valence-corrected chi connectivity index (χ1v) is 12.7. The van der Waals surface area contributed by atoms with Crippen molar-refractivity contribution < 1.29 is 14.4 Å². The summed E-state index contributed by atoms with van der Waals surface area (Å²) in [6, 6.07) is 24.4. The molecule has 1 heterocycles. The molecule has 0 bridgehead atoms. The summed E-state index contributed by atoms with van der Waals surface area (Å²) in [7, 11) is 0. The molecule has 1 aliphatic heterocycles. The second-order valence-corrected chi connectivity index (χ2v) is 9.80. The normalized spacial score (nSPS) is 15.3. The number of thioether (sulfide) groups is 1. The Labute approximate surface area is 210 Å². The highest BCUT2D eigenvalue weighted by Crippen LogP contribution is 2.38. The van der Waals surface area contributed by atoms with E-state index in [1.54, 1.807) is 48.2 Å². The lowest BCUT2D eigenvalue weighted by molar-refractivity contribution is -0.128. The zero-order valence-electron chi connectivity index (χ0n) is 19.9. The van der Waals surface area contributed by atoms with E-state index in [1.165, 1.54) is 5.56 Å². The van der Waals surface area contributed by atoms with Crippen LogP contribution in [0.15, 0.2) is 78.9 Å². The molecular weight excluding hydrogens is 458 g/mol. The third-order valence-corrected chi connectivity index (χ3v) is 7.01. The minimum absolute atomic E-state index is 0.00796. The van der Waals surface area contributed by atoms with Gasteiger partial charge in [0.25, 0.3) is 11.8 Å². The van der Waals surface area contributed by atoms with E-state index in [-0.39, 0.29) is 29.1 Å². The van der Waals surface area contributed by atoms with Gasteiger partial charge in [-0.1, -0.05) is 54.6 Å². The van der Waals surface area contributed by atoms with Crippen LogP contribution in [0.25, 0.3) is 0 Å². The van der Waals surface area contributed by atoms with Gasteiger partial charge in [-0.25, -0.2) is 0 Å². The molecule has 1 atom stereocenters. The number of hydrogen-bond donors (Lipinski definition) is 2. The Morgan fingerprint density at radius 3 is 2.34 bits per heavy atom. The minimum Gasteiger partial charge on any atom is -0.350 e. The van der Waals surface area contributed by atoms with Crippen LogP contribution in [0, 0.1) is 0 Å². The lowest BCUT2D eigenvalue weighted by Gasteiger charge is -2.24. The van der Waals surface area contributed by atoms with Gasteiger partial charge in [-0.15, -0.1) is 11.8 Å². The molecule has 3 aromatic carbocycles. The second kappa shape index (κ2) is 11.2. The van der Waals surface area contributed by atoms with Crippen molar-refractivity contribution >= 4 is 35.2 Å². The van der Waals surface area contributed by atoms with Crippen molar-refractivity contribution in [2.45, 2.75) is 31.7 Å². The van der Waals surface area contributed by atoms with Gasteiger partial charge < -0.3 is 15.5 Å². The zero-order valence-corrected chi connectivity index (χ0v) is 20.7. The van der Waals surface area contributed by atoms with Crippen molar-refractivity contribution in [3.8, 4) is 0 Å². The van der Waals surface area contributed by atoms with Crippen molar-refractivity contribution in [3.05, 3.63) is 101 Å². The number of nitrogens with zero attached hydrogens (tertiary/aromatic N) is 1. The number of para-hydroxylation sites is 1. The number of hydrogen-bond acceptors (Lipinski definition) is 4. The van der Waals surface area contributed by atoms with Gasteiger partial charge in [0.1, 0.15) is 5.37 Å². The SMILES string of the molecule is CC(C)NC(=O)c1ccccc1NC(=O)c1ccc([C@H]2SCC(=O)N2CCc2ccccc2)cc1. The molecule has 6 nitrogen and oxygen atoms in total. The molecule has 0 radical (unpaired) electrons. The molecule has 0 unspecified atom stereocenters. The Morgan fingerprint density at radius 1 is 0.943 bits per heavy atom. The minimum atomic E-state index is -0.294. The highest BCUT2D eigenvalue weighted by atomic mass is 32.2. The van der Waals surface area contributed by atoms with Crippen LogP contribution in [-0.2, 0) is 11.2 Å². The van der Waals surface area contributed by atoms with E-state index < -0.39 is 0 Å². The Kier molecular flexibility index (Phi) is 7.87. The predicted molar refractivity (Wildman–Crippen MR) is 140 cm³/mol. The number of carbonyl (C=O) groups excluding carboxylic acids is 3. The van der Waals surface area contributed by atoms with E-state index in [0.29, 0.717) is 29.1 Å². The molecule has 3 amide bonds. The molecule has 7 heteroatoms. The number of rotatable bonds is 8. The summed E-state index contributed by atoms with van der Waals surface area (Å²) in [4.78, 5) is 39.8. The smallest absolute Gasteiger partial charge is 0.255 e. The quantitative estimate of drug-likeness (QED) is 0.474. The van der Waals surface area contributed by atoms with Gasteiger partial charge in [-0.2, -0.15) is 0 Å². The molecule has 1 aliphatic rings. The van der Waals surface area contributed by atoms with Crippen molar-refractivity contribution in [2.75, 3.05) is 17.6 Å². The summed E-state index contributed by atoms with van der Waals surface area (Å²) in [5.74, 6) is 0.0629. The first-order chi connectivity index (χ1) is 16.9. The van der Waals surface area contributed by atoms with Crippen LogP contribution in [0.3, 0.4) is 0 Å². The highest BCUT2D eigenvalue weighted by Gasteiger charge is 2.32. The third-order valence-electron chi connectivity index (χ3n) is 5.75. The molecule has 180 valence electrons. The maximum absolute atomic E-state index is 12.9. The predicted octanol–water partition coefficient (Wildman–Crippen LogP) is 4.89. The standard InChI is InChI=1S/C28H29N3O3S/c1-19(2)29-27(34)23-10-6-7-11-24(23)30-26(33)21-12-14-22(15-13-21)28-31(25(32)18-35-28)17-16-20-8-4-3-5-9-20/h3-15,19,28H,16-18H2,1-2H3,(H,29,34)(H,30,33)/t28-/m1/s1. The van der Waals surface area contributed by atoms with Gasteiger partial charge in [0.15, 0.2) is 0 Å². The summed E-state index contributed by atoms with van der Waals surface area (Å²) in [5, 5.41) is 5.64. The van der Waals surface area contributed by atoms with Crippen LogP contribution in [0.4, 0.5) is 5.69 Å². The molecule has 1 fully saturated rings. The van der Waals surface area contributed by atoms with Crippen molar-refractivity contribution in [1.82, 2.24) is 10.2 Å². The lowest BCUT2D eigenvalue weighted by atomic mass is 10.1. The molecule has 4 rings (SSSR count). The van der Waals surface area contributed by atoms with E-state index in [4.69, 9.17) is 0 Å². The first-order valence-electron chi connectivity index (χ1n) is 11.7. The van der Waals surface area contributed by atoms with E-state index >= 15 is 0 Å². The third kappa shape index (κ3) is 6.11. The summed E-state index contributed by atoms with van der Waals surface area (Å²) in [5.41, 5.74) is 3.55. The zero-order chi connectivity index (χ0) is 24.8. The molecule has 35 heavy (non-hydrogen) atoms. The van der Waals surface area contributed by atoms with Crippen LogP contribution in [-0.4, -0.2) is 41.0 Å². The topological polar surface area (TPSA) is 78.5 Å². The Bertz CT molecular complexity index is 1200. The molecular formula is C28H29N3O3S. The summed E-state index contributed by atoms with van der Waals surface area (Å²) in [6.45, 7) is 4.43. The van der Waals surface area contributed by atoms with Crippen LogP contribution in [0.2, 0.25) is 0 Å². The molecule has 3 aromatic rings. The largest absolute Gasteiger partial charge is 0.350 e. The molecule has 2 N–H and O–H groups in total. The summed E-state index contributed by atoms with van der Waals surface area (Å²) in [6.07, 6.45) is 0.800. The second-order valence-electron chi connectivity index (χ2n) is 8.74. The first kappa shape index (κ1) is 24.5. The van der Waals surface area contributed by atoms with Crippen LogP contribution < -0.4 is 10.6 Å². The maximum atomic E-state index is 12.9. The van der Waals surface area contributed by atoms with Gasteiger partial charge in [-0.3, -0.25) is 14.4 Å². The van der Waals surface area contributed by atoms with E-state index in [0.717, 1.165) is 12.0 Å². The summed E-state index contributed by atoms with van der Waals surface area (Å²) >= 11 is 1.60. The van der Waals surface area contributed by atoms with Gasteiger partial charge in [-0.05, 0) is 55.7 Å². The molecule has 0 spiro atoms. The maximum Gasteiger partial charge on any atom is 0.255 e. The molecule has 0 aromatic heterocycles. The number of anilines is 1. The number of amides is 3. The van der Waals surface area contributed by atoms with Gasteiger partial charge in [0.05, 0.1) is 17.0 Å². The van der Waals surface area contributed by atoms with Gasteiger partial charge in [0.2, 0.25) is 5.91 Å². The molecule has 1 saturated heterocycles. The van der Waals surface area contributed by atoms with Crippen LogP contribution >= 0.6 is 11.8 Å². The fraction of sp³-hybridized carbons (Fsp3) is 0.250. The van der Waals surface area contributed by atoms with Crippen LogP contribution in [0.5, 0.6) is 0 Å². The van der Waals surface area contributed by atoms with E-state index in [1.807, 2.05) is 49.1 Å². The van der Waals surface area contributed by atoms with Crippen molar-refractivity contribution in [3.63, 3.8) is 0 Å². The molecule has 0 saturated carbocycles. The van der Waals surface area contributed by atoms with E-state index in [9.17, 15) is 14.4 Å². The number of benzene rings is 3. The van der Waals surface area contributed by atoms with Gasteiger partial charge in [0, 0.05) is 18.2 Å². The Balaban J connectivity index is 1.44. The number of carbonyl (C=O) groups is 3. The van der Waals surface area contributed by atoms with Crippen molar-refractivity contribution in [1.29, 1.82) is 0 Å². The summed E-state index contributed by atoms with van der Waals surface area (Å²) < 4.78 is 0. The Morgan fingerprint density at radius 2 is 1.63 bits per heavy atom. The van der Waals surface area contributed by atoms with Gasteiger partial charge >= 0.3 is 0 Å². The average molecular weight is 488 g/mol. The average Bonchev–Trinajstić information content (AvgIpc) is 3.23.